The van der Waals surface area contributed by atoms with Crippen LogP contribution in [0.3, 0.4) is 0 Å². The first-order valence-corrected chi connectivity index (χ1v) is 8.12. The maximum Gasteiger partial charge on any atom is 0.208 e. The number of thiophene rings is 1. The topological polar surface area (TPSA) is 61.8 Å². The molecule has 0 fully saturated rings. The van der Waals surface area contributed by atoms with Crippen LogP contribution in [-0.4, -0.2) is 26.0 Å². The number of rotatable bonds is 5. The van der Waals surface area contributed by atoms with Gasteiger partial charge in [-0.1, -0.05) is 36.0 Å². The molecule has 21 heavy (non-hydrogen) atoms. The fourth-order valence-corrected chi connectivity index (χ4v) is 3.24. The van der Waals surface area contributed by atoms with Crippen LogP contribution in [0.4, 0.5) is 4.39 Å². The molecule has 0 amide bonds. The van der Waals surface area contributed by atoms with Gasteiger partial charge in [0.25, 0.3) is 0 Å². The summed E-state index contributed by atoms with van der Waals surface area (Å²) in [6.07, 6.45) is -0.889. The number of halogens is 1. The summed E-state index contributed by atoms with van der Waals surface area (Å²) in [5, 5.41) is 19.5. The van der Waals surface area contributed by atoms with Gasteiger partial charge in [-0.3, -0.25) is 5.10 Å². The van der Waals surface area contributed by atoms with Crippen LogP contribution < -0.4 is 0 Å². The number of H-pyrrole nitrogens is 1. The predicted molar refractivity (Wildman–Crippen MR) is 81.8 cm³/mol. The minimum absolute atomic E-state index is 0.291. The van der Waals surface area contributed by atoms with Crippen LogP contribution in [0.1, 0.15) is 11.7 Å². The molecule has 0 saturated heterocycles. The van der Waals surface area contributed by atoms with Crippen molar-refractivity contribution in [1.29, 1.82) is 0 Å². The van der Waals surface area contributed by atoms with Crippen molar-refractivity contribution in [3.63, 3.8) is 0 Å². The second kappa shape index (κ2) is 6.38. The maximum atomic E-state index is 13.6. The van der Waals surface area contributed by atoms with Gasteiger partial charge >= 0.3 is 0 Å². The van der Waals surface area contributed by atoms with E-state index < -0.39 is 11.9 Å². The number of aliphatic hydroxyl groups excluding tert-OH is 1. The molecule has 0 aliphatic heterocycles. The summed E-state index contributed by atoms with van der Waals surface area (Å²) in [5.41, 5.74) is 0.291. The first-order valence-electron chi connectivity index (χ1n) is 6.25. The Morgan fingerprint density at radius 3 is 2.90 bits per heavy atom. The third-order valence-electron chi connectivity index (χ3n) is 2.85. The summed E-state index contributed by atoms with van der Waals surface area (Å²) in [5.74, 6) is 0.593. The Labute approximate surface area is 129 Å². The lowest BCUT2D eigenvalue weighted by Gasteiger charge is -2.09. The number of benzene rings is 1. The standard InChI is InChI=1S/C14H12FN3OS2/c15-10-5-2-1-4-9(10)11(19)8-21-14-16-13(17-18-14)12-6-3-7-20-12/h1-7,11,19H,8H2,(H,16,17,18). The zero-order valence-corrected chi connectivity index (χ0v) is 12.5. The Morgan fingerprint density at radius 2 is 2.14 bits per heavy atom. The minimum Gasteiger partial charge on any atom is -0.387 e. The summed E-state index contributed by atoms with van der Waals surface area (Å²) in [7, 11) is 0. The van der Waals surface area contributed by atoms with Crippen LogP contribution in [0.25, 0.3) is 10.7 Å². The van der Waals surface area contributed by atoms with Crippen molar-refractivity contribution in [1.82, 2.24) is 15.2 Å². The second-order valence-corrected chi connectivity index (χ2v) is 6.23. The first-order chi connectivity index (χ1) is 10.2. The van der Waals surface area contributed by atoms with Crippen LogP contribution in [0.15, 0.2) is 46.9 Å². The molecule has 1 aromatic carbocycles. The molecule has 0 aliphatic rings. The Hall–Kier alpha value is -1.70. The normalized spacial score (nSPS) is 12.5. The molecular formula is C14H12FN3OS2. The summed E-state index contributed by atoms with van der Waals surface area (Å²) >= 11 is 2.86. The van der Waals surface area contributed by atoms with E-state index >= 15 is 0 Å². The third kappa shape index (κ3) is 3.31. The highest BCUT2D eigenvalue weighted by atomic mass is 32.2. The van der Waals surface area contributed by atoms with Crippen LogP contribution in [0.5, 0.6) is 0 Å². The van der Waals surface area contributed by atoms with Gasteiger partial charge in [0.15, 0.2) is 5.82 Å². The highest BCUT2D eigenvalue weighted by Crippen LogP contribution is 2.26. The van der Waals surface area contributed by atoms with Gasteiger partial charge in [-0.2, -0.15) is 0 Å². The lowest BCUT2D eigenvalue weighted by Crippen LogP contribution is -2.03. The number of aromatic amines is 1. The zero-order chi connectivity index (χ0) is 14.7. The Balaban J connectivity index is 1.64. The van der Waals surface area contributed by atoms with Crippen molar-refractivity contribution >= 4 is 23.1 Å². The number of aliphatic hydroxyl groups is 1. The summed E-state index contributed by atoms with van der Waals surface area (Å²) in [6, 6.07) is 10.1. The number of aromatic nitrogens is 3. The molecule has 0 aliphatic carbocycles. The molecule has 3 aromatic rings. The predicted octanol–water partition coefficient (Wildman–Crippen LogP) is 3.50. The van der Waals surface area contributed by atoms with Crippen molar-refractivity contribution < 1.29 is 9.50 Å². The highest BCUT2D eigenvalue weighted by molar-refractivity contribution is 7.99. The SMILES string of the molecule is OC(CSc1n[nH]c(-c2cccs2)n1)c1ccccc1F. The first kappa shape index (κ1) is 14.2. The highest BCUT2D eigenvalue weighted by Gasteiger charge is 2.14. The van der Waals surface area contributed by atoms with E-state index in [1.165, 1.54) is 17.8 Å². The fraction of sp³-hybridized carbons (Fsp3) is 0.143. The molecule has 0 bridgehead atoms. The molecule has 2 aromatic heterocycles. The number of hydrogen-bond acceptors (Lipinski definition) is 5. The minimum atomic E-state index is -0.889. The largest absolute Gasteiger partial charge is 0.387 e. The van der Waals surface area contributed by atoms with Gasteiger partial charge in [-0.05, 0) is 17.5 Å². The molecule has 0 saturated carbocycles. The van der Waals surface area contributed by atoms with Crippen LogP contribution >= 0.6 is 23.1 Å². The van der Waals surface area contributed by atoms with Crippen LogP contribution in [0, 0.1) is 5.82 Å². The Morgan fingerprint density at radius 1 is 1.29 bits per heavy atom. The molecule has 4 nitrogen and oxygen atoms in total. The van der Waals surface area contributed by atoms with E-state index in [1.54, 1.807) is 29.5 Å². The van der Waals surface area contributed by atoms with Crippen molar-refractivity contribution in [2.75, 3.05) is 5.75 Å². The summed E-state index contributed by atoms with van der Waals surface area (Å²) < 4.78 is 13.6. The average Bonchev–Trinajstić information content (AvgIpc) is 3.16. The number of nitrogens with one attached hydrogen (secondary N) is 1. The molecule has 7 heteroatoms. The van der Waals surface area contributed by atoms with E-state index in [0.717, 1.165) is 4.88 Å². The van der Waals surface area contributed by atoms with Crippen LogP contribution in [-0.2, 0) is 0 Å². The lowest BCUT2D eigenvalue weighted by atomic mass is 10.1. The van der Waals surface area contributed by atoms with Crippen molar-refractivity contribution in [2.24, 2.45) is 0 Å². The Kier molecular flexibility index (Phi) is 4.33. The third-order valence-corrected chi connectivity index (χ3v) is 4.65. The van der Waals surface area contributed by atoms with Crippen molar-refractivity contribution in [2.45, 2.75) is 11.3 Å². The molecule has 1 atom stereocenters. The van der Waals surface area contributed by atoms with Gasteiger partial charge in [0.2, 0.25) is 5.16 Å². The number of hydrogen-bond donors (Lipinski definition) is 2. The number of nitrogens with zero attached hydrogens (tertiary/aromatic N) is 2. The van der Waals surface area contributed by atoms with E-state index in [0.29, 0.717) is 22.3 Å². The molecule has 0 spiro atoms. The average molecular weight is 321 g/mol. The second-order valence-electron chi connectivity index (χ2n) is 4.29. The van der Waals surface area contributed by atoms with Gasteiger partial charge < -0.3 is 5.11 Å². The molecule has 0 radical (unpaired) electrons. The summed E-state index contributed by atoms with van der Waals surface area (Å²) in [4.78, 5) is 5.35. The van der Waals surface area contributed by atoms with Gasteiger partial charge in [-0.25, -0.2) is 9.37 Å². The molecule has 3 rings (SSSR count). The monoisotopic (exact) mass is 321 g/mol. The molecule has 2 heterocycles. The maximum absolute atomic E-state index is 13.6. The van der Waals surface area contributed by atoms with E-state index in [9.17, 15) is 9.50 Å². The zero-order valence-electron chi connectivity index (χ0n) is 10.9. The lowest BCUT2D eigenvalue weighted by molar-refractivity contribution is 0.199. The van der Waals surface area contributed by atoms with Gasteiger partial charge in [0, 0.05) is 11.3 Å². The van der Waals surface area contributed by atoms with Crippen LogP contribution in [0.2, 0.25) is 0 Å². The van der Waals surface area contributed by atoms with Gasteiger partial charge in [0.1, 0.15) is 5.82 Å². The van der Waals surface area contributed by atoms with Gasteiger partial charge in [0.05, 0.1) is 11.0 Å². The molecule has 1 unspecified atom stereocenters. The summed E-state index contributed by atoms with van der Waals surface area (Å²) in [6.45, 7) is 0. The molecule has 108 valence electrons. The quantitative estimate of drug-likeness (QED) is 0.706. The van der Waals surface area contributed by atoms with Crippen molar-refractivity contribution in [3.05, 3.63) is 53.2 Å². The van der Waals surface area contributed by atoms with E-state index in [-0.39, 0.29) is 0 Å². The number of thioether (sulfide) groups is 1. The fourth-order valence-electron chi connectivity index (χ4n) is 1.82. The van der Waals surface area contributed by atoms with E-state index in [4.69, 9.17) is 0 Å². The molecule has 2 N–H and O–H groups in total. The van der Waals surface area contributed by atoms with E-state index in [1.807, 2.05) is 17.5 Å². The van der Waals surface area contributed by atoms with Crippen molar-refractivity contribution in [3.8, 4) is 10.7 Å². The smallest absolute Gasteiger partial charge is 0.208 e. The Bertz CT molecular complexity index is 715. The molecular weight excluding hydrogens is 309 g/mol. The van der Waals surface area contributed by atoms with E-state index in [2.05, 4.69) is 15.2 Å². The van der Waals surface area contributed by atoms with Gasteiger partial charge in [-0.15, -0.1) is 16.4 Å².